The van der Waals surface area contributed by atoms with E-state index in [0.29, 0.717) is 0 Å². The van der Waals surface area contributed by atoms with Crippen LogP contribution in [0, 0.1) is 0 Å². The molecule has 1 aliphatic rings. The van der Waals surface area contributed by atoms with Gasteiger partial charge >= 0.3 is 0 Å². The number of nitrogens with zero attached hydrogens (tertiary/aromatic N) is 2. The van der Waals surface area contributed by atoms with Crippen LogP contribution < -0.4 is 5.73 Å². The second-order valence-corrected chi connectivity index (χ2v) is 5.58. The first kappa shape index (κ1) is 12.1. The molecule has 0 amide bonds. The number of aromatic nitrogens is 3. The third-order valence-corrected chi connectivity index (χ3v) is 4.18. The van der Waals surface area contributed by atoms with Crippen molar-refractivity contribution >= 4 is 5.69 Å². The highest BCUT2D eigenvalue weighted by Gasteiger charge is 2.48. The molecule has 1 fully saturated rings. The molecular weight excluding hydrogens is 260 g/mol. The van der Waals surface area contributed by atoms with Gasteiger partial charge in [0.25, 0.3) is 0 Å². The van der Waals surface area contributed by atoms with Crippen molar-refractivity contribution in [3.05, 3.63) is 66.0 Å². The standard InChI is InChI=1S/C17H16N4/c18-14-8-6-13(7-9-14)17(10-11-17)16-19-15(20-21-16)12-4-2-1-3-5-12/h1-9H,10-11,18H2,(H,19,20,21). The molecule has 4 rings (SSSR count). The van der Waals surface area contributed by atoms with Crippen LogP contribution in [0.2, 0.25) is 0 Å². The second-order valence-electron chi connectivity index (χ2n) is 5.58. The number of benzene rings is 2. The molecule has 0 saturated heterocycles. The number of anilines is 1. The molecule has 1 aliphatic carbocycles. The third kappa shape index (κ3) is 2.00. The molecule has 104 valence electrons. The normalized spacial score (nSPS) is 15.8. The van der Waals surface area contributed by atoms with Gasteiger partial charge in [-0.1, -0.05) is 42.5 Å². The summed E-state index contributed by atoms with van der Waals surface area (Å²) < 4.78 is 0. The van der Waals surface area contributed by atoms with E-state index in [1.165, 1.54) is 5.56 Å². The van der Waals surface area contributed by atoms with Crippen molar-refractivity contribution in [2.24, 2.45) is 0 Å². The maximum Gasteiger partial charge on any atom is 0.181 e. The maximum atomic E-state index is 5.77. The number of aromatic amines is 1. The fraction of sp³-hybridized carbons (Fsp3) is 0.176. The molecule has 2 aromatic carbocycles. The molecule has 1 aromatic heterocycles. The number of nitrogens with one attached hydrogen (secondary N) is 1. The van der Waals surface area contributed by atoms with Crippen LogP contribution in [0.25, 0.3) is 11.4 Å². The van der Waals surface area contributed by atoms with E-state index in [9.17, 15) is 0 Å². The quantitative estimate of drug-likeness (QED) is 0.722. The Bertz CT molecular complexity index is 755. The fourth-order valence-electron chi connectivity index (χ4n) is 2.78. The molecule has 21 heavy (non-hydrogen) atoms. The van der Waals surface area contributed by atoms with E-state index >= 15 is 0 Å². The molecule has 3 aromatic rings. The summed E-state index contributed by atoms with van der Waals surface area (Å²) >= 11 is 0. The highest BCUT2D eigenvalue weighted by Crippen LogP contribution is 2.52. The van der Waals surface area contributed by atoms with Crippen molar-refractivity contribution < 1.29 is 0 Å². The van der Waals surface area contributed by atoms with Crippen LogP contribution in [0.4, 0.5) is 5.69 Å². The lowest BCUT2D eigenvalue weighted by Gasteiger charge is -2.12. The Morgan fingerprint density at radius 3 is 2.33 bits per heavy atom. The first-order valence-electron chi connectivity index (χ1n) is 7.12. The minimum atomic E-state index is -0.00622. The molecule has 4 heteroatoms. The van der Waals surface area contributed by atoms with E-state index < -0.39 is 0 Å². The molecule has 0 atom stereocenters. The van der Waals surface area contributed by atoms with Gasteiger partial charge in [0.1, 0.15) is 5.82 Å². The summed E-state index contributed by atoms with van der Waals surface area (Å²) in [4.78, 5) is 4.72. The molecule has 3 N–H and O–H groups in total. The number of hydrogen-bond donors (Lipinski definition) is 2. The van der Waals surface area contributed by atoms with Gasteiger partial charge in [-0.05, 0) is 30.5 Å². The predicted molar refractivity (Wildman–Crippen MR) is 82.7 cm³/mol. The summed E-state index contributed by atoms with van der Waals surface area (Å²) in [5.41, 5.74) is 8.85. The first-order chi connectivity index (χ1) is 10.3. The van der Waals surface area contributed by atoms with Crippen molar-refractivity contribution in [3.8, 4) is 11.4 Å². The zero-order valence-corrected chi connectivity index (χ0v) is 11.6. The lowest BCUT2D eigenvalue weighted by Crippen LogP contribution is -2.11. The largest absolute Gasteiger partial charge is 0.399 e. The zero-order chi connectivity index (χ0) is 14.3. The van der Waals surface area contributed by atoms with Crippen LogP contribution in [-0.2, 0) is 5.41 Å². The topological polar surface area (TPSA) is 67.6 Å². The summed E-state index contributed by atoms with van der Waals surface area (Å²) in [5.74, 6) is 1.71. The average molecular weight is 276 g/mol. The average Bonchev–Trinajstić information content (AvgIpc) is 3.19. The highest BCUT2D eigenvalue weighted by molar-refractivity contribution is 5.55. The van der Waals surface area contributed by atoms with Crippen molar-refractivity contribution in [2.45, 2.75) is 18.3 Å². The number of rotatable bonds is 3. The van der Waals surface area contributed by atoms with Crippen LogP contribution >= 0.6 is 0 Å². The smallest absolute Gasteiger partial charge is 0.181 e. The minimum Gasteiger partial charge on any atom is -0.399 e. The summed E-state index contributed by atoms with van der Waals surface area (Å²) in [7, 11) is 0. The molecule has 0 radical (unpaired) electrons. The summed E-state index contributed by atoms with van der Waals surface area (Å²) in [6, 6.07) is 18.1. The Balaban J connectivity index is 1.71. The first-order valence-corrected chi connectivity index (χ1v) is 7.12. The Kier molecular flexibility index (Phi) is 2.57. The highest BCUT2D eigenvalue weighted by atomic mass is 15.2. The molecular formula is C17H16N4. The van der Waals surface area contributed by atoms with Crippen LogP contribution in [0.3, 0.4) is 0 Å². The SMILES string of the molecule is Nc1ccc(C2(c3nc(-c4ccccc4)n[nH]3)CC2)cc1. The zero-order valence-electron chi connectivity index (χ0n) is 11.6. The van der Waals surface area contributed by atoms with Gasteiger partial charge in [-0.15, -0.1) is 0 Å². The van der Waals surface area contributed by atoms with Crippen LogP contribution in [0.15, 0.2) is 54.6 Å². The van der Waals surface area contributed by atoms with Gasteiger partial charge in [-0.2, -0.15) is 5.10 Å². The van der Waals surface area contributed by atoms with E-state index in [2.05, 4.69) is 22.3 Å². The maximum absolute atomic E-state index is 5.77. The van der Waals surface area contributed by atoms with E-state index in [1.54, 1.807) is 0 Å². The van der Waals surface area contributed by atoms with Crippen molar-refractivity contribution in [1.82, 2.24) is 15.2 Å². The number of H-pyrrole nitrogens is 1. The predicted octanol–water partition coefficient (Wildman–Crippen LogP) is 3.13. The van der Waals surface area contributed by atoms with E-state index in [-0.39, 0.29) is 5.41 Å². The summed E-state index contributed by atoms with van der Waals surface area (Å²) in [5, 5.41) is 7.50. The number of nitrogens with two attached hydrogens (primary N) is 1. The monoisotopic (exact) mass is 276 g/mol. The second kappa shape index (κ2) is 4.45. The molecule has 0 bridgehead atoms. The van der Waals surface area contributed by atoms with Crippen molar-refractivity contribution in [3.63, 3.8) is 0 Å². The van der Waals surface area contributed by atoms with Gasteiger partial charge in [0.2, 0.25) is 0 Å². The van der Waals surface area contributed by atoms with Gasteiger partial charge in [0, 0.05) is 11.3 Å². The van der Waals surface area contributed by atoms with Crippen LogP contribution in [-0.4, -0.2) is 15.2 Å². The van der Waals surface area contributed by atoms with E-state index in [4.69, 9.17) is 10.7 Å². The van der Waals surface area contributed by atoms with Gasteiger partial charge in [0.05, 0.1) is 5.41 Å². The van der Waals surface area contributed by atoms with E-state index in [1.807, 2.05) is 42.5 Å². The van der Waals surface area contributed by atoms with Crippen LogP contribution in [0.1, 0.15) is 24.2 Å². The minimum absolute atomic E-state index is 0.00622. The lowest BCUT2D eigenvalue weighted by atomic mass is 9.95. The summed E-state index contributed by atoms with van der Waals surface area (Å²) in [6.45, 7) is 0. The Labute approximate surface area is 123 Å². The molecule has 0 unspecified atom stereocenters. The van der Waals surface area contributed by atoms with Gasteiger partial charge in [-0.25, -0.2) is 4.98 Å². The van der Waals surface area contributed by atoms with Gasteiger partial charge in [-0.3, -0.25) is 5.10 Å². The summed E-state index contributed by atoms with van der Waals surface area (Å²) in [6.07, 6.45) is 2.20. The number of nitrogen functional groups attached to an aromatic ring is 1. The Hall–Kier alpha value is -2.62. The Morgan fingerprint density at radius 2 is 1.67 bits per heavy atom. The molecule has 1 heterocycles. The molecule has 0 spiro atoms. The molecule has 4 nitrogen and oxygen atoms in total. The van der Waals surface area contributed by atoms with Gasteiger partial charge in [0.15, 0.2) is 5.82 Å². The van der Waals surface area contributed by atoms with Gasteiger partial charge < -0.3 is 5.73 Å². The van der Waals surface area contributed by atoms with E-state index in [0.717, 1.165) is 35.7 Å². The lowest BCUT2D eigenvalue weighted by molar-refractivity contribution is 0.761. The fourth-order valence-corrected chi connectivity index (χ4v) is 2.78. The van der Waals surface area contributed by atoms with Crippen LogP contribution in [0.5, 0.6) is 0 Å². The Morgan fingerprint density at radius 1 is 0.952 bits per heavy atom. The molecule has 0 aliphatic heterocycles. The van der Waals surface area contributed by atoms with Crippen molar-refractivity contribution in [1.29, 1.82) is 0 Å². The third-order valence-electron chi connectivity index (χ3n) is 4.18. The number of hydrogen-bond acceptors (Lipinski definition) is 3. The molecule has 1 saturated carbocycles. The van der Waals surface area contributed by atoms with Crippen molar-refractivity contribution in [2.75, 3.05) is 5.73 Å².